The molecule has 3 saturated carbocycles. The van der Waals surface area contributed by atoms with Crippen molar-refractivity contribution in [3.05, 3.63) is 0 Å². The van der Waals surface area contributed by atoms with Gasteiger partial charge in [-0.05, 0) is 63.2 Å². The SMILES string of the molecule is O=C1CO[C@H]2CCCC[C@@H]2N1C1CCN(C2CC(COCC3CCC3)C2)CC1. The highest BCUT2D eigenvalue weighted by atomic mass is 16.5. The van der Waals surface area contributed by atoms with Crippen LogP contribution in [-0.4, -0.2) is 72.8 Å². The summed E-state index contributed by atoms with van der Waals surface area (Å²) in [6.45, 7) is 4.61. The normalized spacial score (nSPS) is 38.0. The summed E-state index contributed by atoms with van der Waals surface area (Å²) in [7, 11) is 0. The molecular weight excluding hydrogens is 352 g/mol. The quantitative estimate of drug-likeness (QED) is 0.698. The van der Waals surface area contributed by atoms with E-state index < -0.39 is 0 Å². The van der Waals surface area contributed by atoms with Gasteiger partial charge in [-0.25, -0.2) is 0 Å². The summed E-state index contributed by atoms with van der Waals surface area (Å²) in [5.41, 5.74) is 0. The van der Waals surface area contributed by atoms with Crippen LogP contribution in [0.1, 0.15) is 70.6 Å². The Bertz CT molecular complexity index is 538. The fraction of sp³-hybridized carbons (Fsp3) is 0.957. The van der Waals surface area contributed by atoms with E-state index in [0.717, 1.165) is 69.9 Å². The first kappa shape index (κ1) is 19.3. The lowest BCUT2D eigenvalue weighted by Gasteiger charge is -2.51. The van der Waals surface area contributed by atoms with Gasteiger partial charge in [0.2, 0.25) is 5.91 Å². The molecule has 0 spiro atoms. The Hall–Kier alpha value is -0.650. The third-order valence-corrected chi connectivity index (χ3v) is 8.29. The third kappa shape index (κ3) is 3.99. The van der Waals surface area contributed by atoms with Gasteiger partial charge in [0.15, 0.2) is 0 Å². The second-order valence-electron chi connectivity index (χ2n) is 10.1. The molecule has 2 heterocycles. The largest absolute Gasteiger partial charge is 0.381 e. The van der Waals surface area contributed by atoms with Crippen molar-refractivity contribution in [1.82, 2.24) is 9.80 Å². The Balaban J connectivity index is 1.05. The number of ether oxygens (including phenoxy) is 2. The molecule has 0 aromatic rings. The predicted octanol–water partition coefficient (Wildman–Crippen LogP) is 3.22. The van der Waals surface area contributed by atoms with Gasteiger partial charge in [0.05, 0.1) is 12.1 Å². The molecule has 2 atom stereocenters. The number of piperidine rings is 1. The summed E-state index contributed by atoms with van der Waals surface area (Å²) < 4.78 is 11.8. The molecule has 1 amide bonds. The molecule has 2 aliphatic heterocycles. The molecule has 5 fully saturated rings. The molecule has 2 saturated heterocycles. The monoisotopic (exact) mass is 390 g/mol. The van der Waals surface area contributed by atoms with Crippen molar-refractivity contribution in [2.75, 3.05) is 32.9 Å². The fourth-order valence-corrected chi connectivity index (χ4v) is 6.23. The molecule has 0 radical (unpaired) electrons. The zero-order chi connectivity index (χ0) is 18.9. The van der Waals surface area contributed by atoms with Gasteiger partial charge in [0.1, 0.15) is 6.61 Å². The third-order valence-electron chi connectivity index (χ3n) is 8.29. The molecule has 5 heteroatoms. The maximum atomic E-state index is 12.6. The smallest absolute Gasteiger partial charge is 0.249 e. The molecule has 0 N–H and O–H groups in total. The minimum Gasteiger partial charge on any atom is -0.381 e. The van der Waals surface area contributed by atoms with Crippen LogP contribution >= 0.6 is 0 Å². The van der Waals surface area contributed by atoms with Crippen LogP contribution in [0.25, 0.3) is 0 Å². The molecule has 3 aliphatic carbocycles. The maximum absolute atomic E-state index is 12.6. The van der Waals surface area contributed by atoms with Crippen LogP contribution in [0, 0.1) is 11.8 Å². The van der Waals surface area contributed by atoms with Crippen molar-refractivity contribution >= 4 is 5.91 Å². The lowest BCUT2D eigenvalue weighted by Crippen LogP contribution is -2.61. The number of morpholine rings is 1. The highest BCUT2D eigenvalue weighted by Crippen LogP contribution is 2.37. The molecule has 0 bridgehead atoms. The molecule has 28 heavy (non-hydrogen) atoms. The van der Waals surface area contributed by atoms with Gasteiger partial charge >= 0.3 is 0 Å². The van der Waals surface area contributed by atoms with Gasteiger partial charge in [-0.15, -0.1) is 0 Å². The van der Waals surface area contributed by atoms with Gasteiger partial charge in [0, 0.05) is 38.4 Å². The van der Waals surface area contributed by atoms with Gasteiger partial charge in [-0.2, -0.15) is 0 Å². The Morgan fingerprint density at radius 3 is 2.36 bits per heavy atom. The lowest BCUT2D eigenvalue weighted by atomic mass is 9.78. The minimum atomic E-state index is 0.244. The highest BCUT2D eigenvalue weighted by Gasteiger charge is 2.43. The standard InChI is InChI=1S/C23H38N2O3/c26-23-16-28-22-7-2-1-6-21(22)25(23)19-8-10-24(11-9-19)20-12-18(13-20)15-27-14-17-4-3-5-17/h17-22H,1-16H2/t18?,20?,21-,22-/m0/s1. The second-order valence-corrected chi connectivity index (χ2v) is 10.1. The molecule has 5 rings (SSSR count). The average Bonchev–Trinajstić information content (AvgIpc) is 2.65. The number of rotatable bonds is 6. The van der Waals surface area contributed by atoms with Crippen molar-refractivity contribution in [1.29, 1.82) is 0 Å². The highest BCUT2D eigenvalue weighted by molar-refractivity contribution is 5.79. The number of hydrogen-bond acceptors (Lipinski definition) is 4. The molecule has 0 unspecified atom stereocenters. The maximum Gasteiger partial charge on any atom is 0.249 e. The van der Waals surface area contributed by atoms with E-state index >= 15 is 0 Å². The van der Waals surface area contributed by atoms with E-state index in [4.69, 9.17) is 9.47 Å². The van der Waals surface area contributed by atoms with Crippen LogP contribution in [0.2, 0.25) is 0 Å². The van der Waals surface area contributed by atoms with Crippen molar-refractivity contribution in [3.8, 4) is 0 Å². The first-order valence-electron chi connectivity index (χ1n) is 12.0. The molecule has 0 aromatic heterocycles. The van der Waals surface area contributed by atoms with Gasteiger partial charge in [-0.3, -0.25) is 4.79 Å². The van der Waals surface area contributed by atoms with E-state index in [1.807, 2.05) is 0 Å². The molecule has 158 valence electrons. The van der Waals surface area contributed by atoms with Crippen LogP contribution in [0.4, 0.5) is 0 Å². The fourth-order valence-electron chi connectivity index (χ4n) is 6.23. The van der Waals surface area contributed by atoms with E-state index in [1.54, 1.807) is 0 Å². The van der Waals surface area contributed by atoms with Gasteiger partial charge in [0.25, 0.3) is 0 Å². The number of fused-ring (bicyclic) bond motifs is 1. The van der Waals surface area contributed by atoms with Crippen LogP contribution in [-0.2, 0) is 14.3 Å². The summed E-state index contributed by atoms with van der Waals surface area (Å²) in [5.74, 6) is 1.89. The van der Waals surface area contributed by atoms with E-state index in [-0.39, 0.29) is 5.91 Å². The number of amides is 1. The minimum absolute atomic E-state index is 0.244. The van der Waals surface area contributed by atoms with Crippen molar-refractivity contribution in [3.63, 3.8) is 0 Å². The van der Waals surface area contributed by atoms with Crippen LogP contribution in [0.5, 0.6) is 0 Å². The van der Waals surface area contributed by atoms with E-state index in [1.165, 1.54) is 44.9 Å². The van der Waals surface area contributed by atoms with Gasteiger partial charge in [-0.1, -0.05) is 19.3 Å². The Morgan fingerprint density at radius 2 is 1.61 bits per heavy atom. The first-order chi connectivity index (χ1) is 13.8. The topological polar surface area (TPSA) is 42.0 Å². The second kappa shape index (κ2) is 8.61. The van der Waals surface area contributed by atoms with Crippen molar-refractivity contribution in [2.24, 2.45) is 11.8 Å². The zero-order valence-corrected chi connectivity index (χ0v) is 17.4. The number of nitrogens with zero attached hydrogens (tertiary/aromatic N) is 2. The van der Waals surface area contributed by atoms with Crippen molar-refractivity contribution < 1.29 is 14.3 Å². The Kier molecular flexibility index (Phi) is 5.94. The lowest BCUT2D eigenvalue weighted by molar-refractivity contribution is -0.167. The van der Waals surface area contributed by atoms with Crippen LogP contribution in [0.15, 0.2) is 0 Å². The number of carbonyl (C=O) groups is 1. The van der Waals surface area contributed by atoms with Crippen LogP contribution in [0.3, 0.4) is 0 Å². The predicted molar refractivity (Wildman–Crippen MR) is 108 cm³/mol. The number of hydrogen-bond donors (Lipinski definition) is 0. The van der Waals surface area contributed by atoms with E-state index in [0.29, 0.717) is 24.8 Å². The summed E-state index contributed by atoms with van der Waals surface area (Å²) in [4.78, 5) is 17.6. The first-order valence-corrected chi connectivity index (χ1v) is 12.0. The summed E-state index contributed by atoms with van der Waals surface area (Å²) in [6.07, 6.45) is 14.2. The zero-order valence-electron chi connectivity index (χ0n) is 17.4. The van der Waals surface area contributed by atoms with Gasteiger partial charge < -0.3 is 19.3 Å². The Labute approximate surface area is 170 Å². The summed E-state index contributed by atoms with van der Waals surface area (Å²) in [6, 6.07) is 1.56. The molecule has 5 nitrogen and oxygen atoms in total. The average molecular weight is 391 g/mol. The summed E-state index contributed by atoms with van der Waals surface area (Å²) in [5, 5.41) is 0. The molecular formula is C23H38N2O3. The van der Waals surface area contributed by atoms with Crippen molar-refractivity contribution in [2.45, 2.75) is 94.9 Å². The summed E-state index contributed by atoms with van der Waals surface area (Å²) >= 11 is 0. The Morgan fingerprint density at radius 1 is 0.857 bits per heavy atom. The number of likely N-dealkylation sites (tertiary alicyclic amines) is 1. The van der Waals surface area contributed by atoms with E-state index in [2.05, 4.69) is 9.80 Å². The molecule has 0 aromatic carbocycles. The van der Waals surface area contributed by atoms with E-state index in [9.17, 15) is 4.79 Å². The van der Waals surface area contributed by atoms with Crippen LogP contribution < -0.4 is 0 Å². The molecule has 5 aliphatic rings. The number of carbonyl (C=O) groups excluding carboxylic acids is 1.